The predicted molar refractivity (Wildman–Crippen MR) is 503 cm³/mol. The topological polar surface area (TPSA) is 496 Å². The van der Waals surface area contributed by atoms with Crippen molar-refractivity contribution in [1.29, 1.82) is 0 Å². The van der Waals surface area contributed by atoms with Gasteiger partial charge in [-0.3, -0.25) is 74.6 Å². The van der Waals surface area contributed by atoms with Crippen LogP contribution in [-0.4, -0.2) is 142 Å². The molecule has 7 aromatic heterocycles. The fraction of sp³-hybridized carbons (Fsp3) is 0.133. The molecule has 0 atom stereocenters. The van der Waals surface area contributed by atoms with Gasteiger partial charge in [0, 0.05) is 95.4 Å². The monoisotopic (exact) mass is 1790 g/mol. The molecule has 678 valence electrons. The van der Waals surface area contributed by atoms with Gasteiger partial charge in [0.2, 0.25) is 5.91 Å². The van der Waals surface area contributed by atoms with E-state index < -0.39 is 35.4 Å². The lowest BCUT2D eigenvalue weighted by Gasteiger charge is -2.06. The minimum atomic E-state index is -0.606. The average Bonchev–Trinajstić information content (AvgIpc) is 1.64. The van der Waals surface area contributed by atoms with Gasteiger partial charge in [0.25, 0.3) is 41.4 Å². The van der Waals surface area contributed by atoms with Crippen molar-refractivity contribution >= 4 is 150 Å². The van der Waals surface area contributed by atoms with E-state index in [1.54, 1.807) is 89.2 Å². The molecule has 0 aliphatic carbocycles. The van der Waals surface area contributed by atoms with Gasteiger partial charge in [-0.15, -0.1) is 0 Å². The zero-order valence-electron chi connectivity index (χ0n) is 72.9. The number of pyridine rings is 1. The van der Waals surface area contributed by atoms with Crippen LogP contribution in [0.3, 0.4) is 0 Å². The molecule has 9 aromatic carbocycles. The summed E-state index contributed by atoms with van der Waals surface area (Å²) in [6.45, 7) is 2.55. The molecule has 16 N–H and O–H groups in total. The molecule has 16 rings (SSSR count). The molecule has 35 heteroatoms. The highest BCUT2D eigenvalue weighted by Crippen LogP contribution is 2.25. The van der Waals surface area contributed by atoms with Crippen LogP contribution in [0.15, 0.2) is 267 Å². The summed E-state index contributed by atoms with van der Waals surface area (Å²) in [7, 11) is 7.75. The standard InChI is InChI=1S/C20H20N4O3.C20H21N3O2.C18H17N5O3.C18H17N3O2.C12H13N3O2.C10H9N3O2/c1-24-17-9-7-15(8-10-19(25)23-27)11-16(17)22-18(24)13-21-20(26)12-14-5-3-2-4-6-14;1-23-18-12-10-16(11-13-20(24)22-25)14-17(18)21-19(23)9-5-8-15-6-3-2-4-7-15;1-23-15-4-2-12(3-5-17(24)22-26)10-14(15)21-16(23)11-20-18(25)13-6-8-19-9-7-13;22-18(21-23)11-8-14-6-9-15-16(12-14)20-17(19-15)10-7-13-4-2-1-3-5-13;1-8-13-10-7-9(4-6-12(16)14-17)3-5-11(10)15(8)2;14-10(13-15)4-2-7-1-3-8-9(5-7)12-6-11-8/h2-11,27H,12-13H2,1H3,(H,21,26)(H,23,25);2-4,6-7,10-14,25H,5,8-9H2,1H3,(H,22,24);2-10,26H,11H2,1H3,(H,20,25)(H,22,24);1-6,8-9,11-12,23H,7,10H2,(H,19,20)(H,21,22);3-7,17H,1-2H3,(H,14,16);1-6,15H,(H,11,12)(H,13,14)/b10-8+;13-11+;5-3+;11-8+;6-4+;4-2+. The van der Waals surface area contributed by atoms with Gasteiger partial charge in [0.1, 0.15) is 29.1 Å². The van der Waals surface area contributed by atoms with Crippen LogP contribution in [0.25, 0.3) is 103 Å². The summed E-state index contributed by atoms with van der Waals surface area (Å²) in [6, 6.07) is 67.6. The van der Waals surface area contributed by atoms with Gasteiger partial charge in [-0.2, -0.15) is 0 Å². The normalized spacial score (nSPS) is 11.1. The van der Waals surface area contributed by atoms with Crippen molar-refractivity contribution in [3.8, 4) is 0 Å². The molecule has 0 aliphatic heterocycles. The first-order chi connectivity index (χ1) is 64.5. The largest absolute Gasteiger partial charge is 0.349 e. The Balaban J connectivity index is 0.000000155. The highest BCUT2D eigenvalue weighted by Gasteiger charge is 2.16. The minimum absolute atomic E-state index is 0.0631. The highest BCUT2D eigenvalue weighted by atomic mass is 16.5. The Bertz CT molecular complexity index is 6930. The molecule has 35 nitrogen and oxygen atoms in total. The van der Waals surface area contributed by atoms with E-state index in [0.29, 0.717) is 24.4 Å². The first-order valence-electron chi connectivity index (χ1n) is 41.5. The third-order valence-electron chi connectivity index (χ3n) is 20.5. The Kier molecular flexibility index (Phi) is 35.4. The van der Waals surface area contributed by atoms with Crippen molar-refractivity contribution in [1.82, 2.24) is 107 Å². The quantitative estimate of drug-likeness (QED) is 0.0136. The Morgan fingerprint density at radius 1 is 0.353 bits per heavy atom. The molecule has 0 saturated carbocycles. The van der Waals surface area contributed by atoms with E-state index in [9.17, 15) is 38.4 Å². The number of aryl methyl sites for hydroxylation is 9. The number of hydrogen-bond acceptors (Lipinski definition) is 21. The van der Waals surface area contributed by atoms with Gasteiger partial charge in [-0.25, -0.2) is 62.8 Å². The van der Waals surface area contributed by atoms with E-state index in [0.717, 1.165) is 161 Å². The lowest BCUT2D eigenvalue weighted by Crippen LogP contribution is -2.25. The maximum absolute atomic E-state index is 12.1. The summed E-state index contributed by atoms with van der Waals surface area (Å²) in [5.41, 5.74) is 29.2. The third kappa shape index (κ3) is 28.7. The summed E-state index contributed by atoms with van der Waals surface area (Å²) < 4.78 is 7.94. The Morgan fingerprint density at radius 2 is 0.722 bits per heavy atom. The summed E-state index contributed by atoms with van der Waals surface area (Å²) in [5.74, 6) is 0.696. The Morgan fingerprint density at radius 3 is 1.17 bits per heavy atom. The molecule has 0 saturated heterocycles. The average molecular weight is 1790 g/mol. The van der Waals surface area contributed by atoms with Crippen LogP contribution in [0.5, 0.6) is 0 Å². The summed E-state index contributed by atoms with van der Waals surface area (Å²) in [6.07, 6.45) is 27.0. The van der Waals surface area contributed by atoms with Crippen LogP contribution < -0.4 is 43.5 Å². The van der Waals surface area contributed by atoms with Crippen LogP contribution >= 0.6 is 0 Å². The number of amides is 8. The molecule has 0 aliphatic rings. The molecule has 0 spiro atoms. The molecule has 8 amide bonds. The van der Waals surface area contributed by atoms with E-state index in [4.69, 9.17) is 36.2 Å². The molecule has 0 bridgehead atoms. The molecule has 0 radical (unpaired) electrons. The van der Waals surface area contributed by atoms with Crippen molar-refractivity contribution in [2.24, 2.45) is 28.2 Å². The Hall–Kier alpha value is -17.1. The number of nitrogens with one attached hydrogen (secondary N) is 10. The lowest BCUT2D eigenvalue weighted by molar-refractivity contribution is -0.124. The van der Waals surface area contributed by atoms with Gasteiger partial charge in [0.05, 0.1) is 92.0 Å². The molecule has 7 heterocycles. The number of hydrogen-bond donors (Lipinski definition) is 16. The van der Waals surface area contributed by atoms with Gasteiger partial charge >= 0.3 is 0 Å². The van der Waals surface area contributed by atoms with Gasteiger partial charge in [-0.1, -0.05) is 127 Å². The van der Waals surface area contributed by atoms with Crippen LogP contribution in [0, 0.1) is 6.92 Å². The van der Waals surface area contributed by atoms with Crippen LogP contribution in [0.1, 0.15) is 96.0 Å². The van der Waals surface area contributed by atoms with Crippen molar-refractivity contribution in [2.45, 2.75) is 58.5 Å². The number of nitrogens with zero attached hydrogens (tertiary/aromatic N) is 11. The fourth-order valence-electron chi connectivity index (χ4n) is 13.5. The second kappa shape index (κ2) is 48.7. The Labute approximate surface area is 761 Å². The predicted octanol–water partition coefficient (Wildman–Crippen LogP) is 12.0. The number of benzene rings is 9. The summed E-state index contributed by atoms with van der Waals surface area (Å²) >= 11 is 0. The second-order valence-electron chi connectivity index (χ2n) is 29.6. The zero-order chi connectivity index (χ0) is 94.5. The van der Waals surface area contributed by atoms with Crippen molar-refractivity contribution in [3.05, 3.63) is 352 Å². The summed E-state index contributed by atoms with van der Waals surface area (Å²) in [4.78, 5) is 127. The number of fused-ring (bicyclic) bond motifs is 6. The molecule has 133 heavy (non-hydrogen) atoms. The number of carbonyl (C=O) groups excluding carboxylic acids is 8. The van der Waals surface area contributed by atoms with E-state index in [1.807, 2.05) is 213 Å². The zero-order valence-corrected chi connectivity index (χ0v) is 72.9. The molecule has 0 unspecified atom stereocenters. The first-order valence-corrected chi connectivity index (χ1v) is 41.5. The van der Waals surface area contributed by atoms with E-state index in [-0.39, 0.29) is 18.4 Å². The lowest BCUT2D eigenvalue weighted by atomic mass is 10.1. The van der Waals surface area contributed by atoms with Crippen LogP contribution in [0.2, 0.25) is 0 Å². The number of carbonyl (C=O) groups is 8. The third-order valence-corrected chi connectivity index (χ3v) is 20.5. The number of imidazole rings is 6. The van der Waals surface area contributed by atoms with E-state index >= 15 is 0 Å². The molecule has 0 fully saturated rings. The molecular weight excluding hydrogens is 1700 g/mol. The maximum atomic E-state index is 12.1. The van der Waals surface area contributed by atoms with Crippen LogP contribution in [0.4, 0.5) is 0 Å². The van der Waals surface area contributed by atoms with Crippen molar-refractivity contribution in [3.63, 3.8) is 0 Å². The number of H-pyrrole nitrogens is 2. The van der Waals surface area contributed by atoms with Gasteiger partial charge in [-0.05, 0) is 198 Å². The number of rotatable bonds is 26. The van der Waals surface area contributed by atoms with Crippen LogP contribution in [-0.2, 0) is 107 Å². The molecular formula is C98H97N21O14. The van der Waals surface area contributed by atoms with Crippen molar-refractivity contribution < 1.29 is 69.6 Å². The van der Waals surface area contributed by atoms with Crippen molar-refractivity contribution in [2.75, 3.05) is 0 Å². The minimum Gasteiger partial charge on any atom is -0.349 e. The maximum Gasteiger partial charge on any atom is 0.267 e. The van der Waals surface area contributed by atoms with E-state index in [2.05, 4.69) is 91.5 Å². The number of aromatic nitrogens is 13. The SMILES string of the molecule is Cc1nc2cc(/C=C/C(=O)NO)ccc2n1C.Cn1c(CCCc2ccccc2)nc2cc(/C=C/C(=O)NO)ccc21.Cn1c(CNC(=O)Cc2ccccc2)nc2cc(/C=C/C(=O)NO)ccc21.Cn1c(CNC(=O)c2ccncc2)nc2cc(/C=C/C(=O)NO)ccc21.O=C(/C=C/c1ccc2nc(CCc3ccccc3)[nH]c2c1)NO.O=C(/C=C/c1ccc2nc[nH]c2c1)NO. The van der Waals surface area contributed by atoms with Gasteiger partial charge < -0.3 is 38.9 Å². The van der Waals surface area contributed by atoms with Gasteiger partial charge in [0.15, 0.2) is 0 Å². The summed E-state index contributed by atoms with van der Waals surface area (Å²) in [5, 5.41) is 56.4. The number of hydroxylamine groups is 6. The van der Waals surface area contributed by atoms with E-state index in [1.165, 1.54) is 58.5 Å². The smallest absolute Gasteiger partial charge is 0.267 e. The highest BCUT2D eigenvalue weighted by molar-refractivity contribution is 5.97. The molecule has 16 aromatic rings. The second-order valence-corrected chi connectivity index (χ2v) is 29.6. The first kappa shape index (κ1) is 96.5. The fourth-order valence-corrected chi connectivity index (χ4v) is 13.5. The number of aromatic amines is 2.